The second-order valence-corrected chi connectivity index (χ2v) is 8.98. The number of rotatable bonds is 7. The maximum atomic E-state index is 12.9. The Kier molecular flexibility index (Phi) is 7.15. The number of ether oxygens (including phenoxy) is 3. The molecule has 3 aromatic carbocycles. The zero-order valence-corrected chi connectivity index (χ0v) is 20.9. The number of amides is 2. The van der Waals surface area contributed by atoms with Crippen molar-refractivity contribution in [1.29, 1.82) is 0 Å². The lowest BCUT2D eigenvalue weighted by molar-refractivity contribution is -0.130. The van der Waals surface area contributed by atoms with Crippen LogP contribution in [-0.2, 0) is 16.0 Å². The molecule has 4 rings (SSSR count). The Balaban J connectivity index is 1.54. The second-order valence-electron chi connectivity index (χ2n) is 8.98. The Morgan fingerprint density at radius 1 is 0.886 bits per heavy atom. The van der Waals surface area contributed by atoms with Gasteiger partial charge in [-0.05, 0) is 51.6 Å². The topological polar surface area (TPSA) is 77.1 Å². The van der Waals surface area contributed by atoms with E-state index in [2.05, 4.69) is 23.5 Å². The molecule has 0 aliphatic carbocycles. The molecule has 3 aromatic rings. The van der Waals surface area contributed by atoms with E-state index in [1.165, 1.54) is 0 Å². The van der Waals surface area contributed by atoms with Crippen LogP contribution in [0.4, 0.5) is 0 Å². The average molecular weight is 477 g/mol. The van der Waals surface area contributed by atoms with E-state index >= 15 is 0 Å². The monoisotopic (exact) mass is 476 g/mol. The maximum Gasteiger partial charge on any atom is 0.227 e. The average Bonchev–Trinajstić information content (AvgIpc) is 3.28. The van der Waals surface area contributed by atoms with Crippen LogP contribution in [0.2, 0.25) is 0 Å². The first kappa shape index (κ1) is 24.4. The Morgan fingerprint density at radius 3 is 2.17 bits per heavy atom. The summed E-state index contributed by atoms with van der Waals surface area (Å²) >= 11 is 0. The van der Waals surface area contributed by atoms with Gasteiger partial charge >= 0.3 is 0 Å². The fourth-order valence-corrected chi connectivity index (χ4v) is 4.82. The van der Waals surface area contributed by atoms with Crippen LogP contribution in [0.3, 0.4) is 0 Å². The lowest BCUT2D eigenvalue weighted by Crippen LogP contribution is -2.34. The molecule has 0 saturated carbocycles. The highest BCUT2D eigenvalue weighted by molar-refractivity contribution is 5.90. The number of nitrogens with zero attached hydrogens (tertiary/aromatic N) is 1. The molecule has 184 valence electrons. The number of fused-ring (bicyclic) bond motifs is 1. The third-order valence-electron chi connectivity index (χ3n) is 6.81. The SMILES string of the molecule is CNC(=O)C1CN(C(=O)Cc2ccc3cc(-c4cc(OC)c(OC)c(OC)c4)ccc3c2)CC1C. The van der Waals surface area contributed by atoms with E-state index in [0.29, 0.717) is 36.8 Å². The lowest BCUT2D eigenvalue weighted by Gasteiger charge is -2.16. The predicted molar refractivity (Wildman–Crippen MR) is 136 cm³/mol. The summed E-state index contributed by atoms with van der Waals surface area (Å²) in [6.07, 6.45) is 0.317. The van der Waals surface area contributed by atoms with Crippen LogP contribution in [-0.4, -0.2) is 58.2 Å². The Labute approximate surface area is 206 Å². The molecular formula is C28H32N2O5. The number of nitrogens with one attached hydrogen (secondary N) is 1. The van der Waals surface area contributed by atoms with Gasteiger partial charge in [0.15, 0.2) is 11.5 Å². The van der Waals surface area contributed by atoms with Crippen LogP contribution in [0.15, 0.2) is 48.5 Å². The van der Waals surface area contributed by atoms with Gasteiger partial charge in [0.1, 0.15) is 0 Å². The van der Waals surface area contributed by atoms with E-state index in [1.54, 1.807) is 28.4 Å². The molecule has 7 heteroatoms. The number of methoxy groups -OCH3 is 3. The van der Waals surface area contributed by atoms with Crippen molar-refractivity contribution in [2.75, 3.05) is 41.5 Å². The minimum atomic E-state index is -0.144. The molecule has 1 heterocycles. The van der Waals surface area contributed by atoms with Gasteiger partial charge in [-0.1, -0.05) is 37.3 Å². The molecule has 2 amide bonds. The van der Waals surface area contributed by atoms with Crippen molar-refractivity contribution in [3.63, 3.8) is 0 Å². The van der Waals surface area contributed by atoms with Gasteiger partial charge in [-0.3, -0.25) is 9.59 Å². The molecule has 1 N–H and O–H groups in total. The highest BCUT2D eigenvalue weighted by atomic mass is 16.5. The number of benzene rings is 3. The third-order valence-corrected chi connectivity index (χ3v) is 6.81. The smallest absolute Gasteiger partial charge is 0.227 e. The molecule has 1 fully saturated rings. The molecule has 0 radical (unpaired) electrons. The first-order chi connectivity index (χ1) is 16.9. The van der Waals surface area contributed by atoms with Gasteiger partial charge in [0.25, 0.3) is 0 Å². The van der Waals surface area contributed by atoms with Crippen molar-refractivity contribution in [2.24, 2.45) is 11.8 Å². The summed E-state index contributed by atoms with van der Waals surface area (Å²) in [6, 6.07) is 16.2. The van der Waals surface area contributed by atoms with Crippen molar-refractivity contribution in [3.8, 4) is 28.4 Å². The zero-order valence-electron chi connectivity index (χ0n) is 20.9. The van der Waals surface area contributed by atoms with Crippen molar-refractivity contribution in [1.82, 2.24) is 10.2 Å². The van der Waals surface area contributed by atoms with Crippen molar-refractivity contribution in [2.45, 2.75) is 13.3 Å². The van der Waals surface area contributed by atoms with Gasteiger partial charge < -0.3 is 24.4 Å². The summed E-state index contributed by atoms with van der Waals surface area (Å²) in [4.78, 5) is 26.8. The zero-order chi connectivity index (χ0) is 25.1. The second kappa shape index (κ2) is 10.3. The molecule has 1 aliphatic rings. The summed E-state index contributed by atoms with van der Waals surface area (Å²) in [5.41, 5.74) is 2.93. The fraction of sp³-hybridized carbons (Fsp3) is 0.357. The standard InChI is InChI=1S/C28H32N2O5/c1-17-15-30(16-23(17)28(32)29-2)26(31)11-18-6-7-20-12-21(9-8-19(20)10-18)22-13-24(33-3)27(35-5)25(14-22)34-4/h6-10,12-14,17,23H,11,15-16H2,1-5H3,(H,29,32). The van der Waals surface area contributed by atoms with Gasteiger partial charge in [-0.15, -0.1) is 0 Å². The summed E-state index contributed by atoms with van der Waals surface area (Å²) in [5, 5.41) is 4.84. The fourth-order valence-electron chi connectivity index (χ4n) is 4.82. The van der Waals surface area contributed by atoms with Gasteiger partial charge in [-0.2, -0.15) is 0 Å². The van der Waals surface area contributed by atoms with E-state index in [4.69, 9.17) is 14.2 Å². The predicted octanol–water partition coefficient (Wildman–Crippen LogP) is 3.92. The third kappa shape index (κ3) is 4.90. The maximum absolute atomic E-state index is 12.9. The first-order valence-corrected chi connectivity index (χ1v) is 11.7. The molecule has 1 saturated heterocycles. The van der Waals surface area contributed by atoms with Crippen LogP contribution in [0.5, 0.6) is 17.2 Å². The van der Waals surface area contributed by atoms with Crippen molar-refractivity contribution in [3.05, 3.63) is 54.1 Å². The highest BCUT2D eigenvalue weighted by Crippen LogP contribution is 2.41. The molecule has 1 aliphatic heterocycles. The summed E-state index contributed by atoms with van der Waals surface area (Å²) < 4.78 is 16.4. The molecular weight excluding hydrogens is 444 g/mol. The number of carbonyl (C=O) groups excluding carboxylic acids is 2. The molecule has 2 unspecified atom stereocenters. The number of carbonyl (C=O) groups is 2. The molecule has 35 heavy (non-hydrogen) atoms. The van der Waals surface area contributed by atoms with Gasteiger partial charge in [-0.25, -0.2) is 0 Å². The van der Waals surface area contributed by atoms with E-state index in [0.717, 1.165) is 27.5 Å². The quantitative estimate of drug-likeness (QED) is 0.559. The first-order valence-electron chi connectivity index (χ1n) is 11.7. The summed E-state index contributed by atoms with van der Waals surface area (Å²) in [7, 11) is 6.43. The van der Waals surface area contributed by atoms with Gasteiger partial charge in [0.2, 0.25) is 17.6 Å². The Hall–Kier alpha value is -3.74. The van der Waals surface area contributed by atoms with Crippen LogP contribution in [0.25, 0.3) is 21.9 Å². The van der Waals surface area contributed by atoms with Crippen LogP contribution in [0.1, 0.15) is 12.5 Å². The van der Waals surface area contributed by atoms with Crippen molar-refractivity contribution >= 4 is 22.6 Å². The van der Waals surface area contributed by atoms with Crippen LogP contribution in [0, 0.1) is 11.8 Å². The van der Waals surface area contributed by atoms with E-state index in [1.807, 2.05) is 42.2 Å². The van der Waals surface area contributed by atoms with Crippen molar-refractivity contribution < 1.29 is 23.8 Å². The summed E-state index contributed by atoms with van der Waals surface area (Å²) in [5.74, 6) is 1.83. The van der Waals surface area contributed by atoms with Crippen LogP contribution >= 0.6 is 0 Å². The number of hydrogen-bond donors (Lipinski definition) is 1. The molecule has 2 atom stereocenters. The minimum absolute atomic E-state index is 0.00130. The van der Waals surface area contributed by atoms with Crippen LogP contribution < -0.4 is 19.5 Å². The molecule has 0 bridgehead atoms. The Morgan fingerprint density at radius 2 is 1.54 bits per heavy atom. The molecule has 7 nitrogen and oxygen atoms in total. The largest absolute Gasteiger partial charge is 0.493 e. The minimum Gasteiger partial charge on any atom is -0.493 e. The number of likely N-dealkylation sites (tertiary alicyclic amines) is 1. The van der Waals surface area contributed by atoms with Gasteiger partial charge in [0, 0.05) is 20.1 Å². The lowest BCUT2D eigenvalue weighted by atomic mass is 9.97. The number of hydrogen-bond acceptors (Lipinski definition) is 5. The summed E-state index contributed by atoms with van der Waals surface area (Å²) in [6.45, 7) is 3.11. The van der Waals surface area contributed by atoms with E-state index in [-0.39, 0.29) is 23.7 Å². The van der Waals surface area contributed by atoms with Gasteiger partial charge in [0.05, 0.1) is 33.7 Å². The highest BCUT2D eigenvalue weighted by Gasteiger charge is 2.36. The normalized spacial score (nSPS) is 17.3. The Bertz CT molecular complexity index is 1230. The molecule has 0 spiro atoms. The van der Waals surface area contributed by atoms with E-state index < -0.39 is 0 Å². The molecule has 0 aromatic heterocycles. The van der Waals surface area contributed by atoms with E-state index in [9.17, 15) is 9.59 Å².